The van der Waals surface area contributed by atoms with Gasteiger partial charge in [0.25, 0.3) is 0 Å². The smallest absolute Gasteiger partial charge is 0.243 e. The Morgan fingerprint density at radius 2 is 1.91 bits per heavy atom. The highest BCUT2D eigenvalue weighted by atomic mass is 32.2. The second-order valence-electron chi connectivity index (χ2n) is 8.04. The molecule has 2 aliphatic heterocycles. The van der Waals surface area contributed by atoms with Gasteiger partial charge in [0.05, 0.1) is 35.2 Å². The fraction of sp³-hybridized carbons (Fsp3) is 0.208. The fourth-order valence-corrected chi connectivity index (χ4v) is 5.65. The van der Waals surface area contributed by atoms with Gasteiger partial charge in [-0.15, -0.1) is 0 Å². The van der Waals surface area contributed by atoms with Crippen molar-refractivity contribution < 1.29 is 22.3 Å². The largest absolute Gasteiger partial charge is 0.489 e. The first-order valence-corrected chi connectivity index (χ1v) is 12.0. The number of anilines is 1. The van der Waals surface area contributed by atoms with Gasteiger partial charge in [-0.1, -0.05) is 18.2 Å². The van der Waals surface area contributed by atoms with Crippen molar-refractivity contribution in [3.05, 3.63) is 72.3 Å². The number of pyridine rings is 1. The first-order chi connectivity index (χ1) is 16.4. The summed E-state index contributed by atoms with van der Waals surface area (Å²) in [6.45, 7) is 0.641. The first-order valence-electron chi connectivity index (χ1n) is 10.6. The number of ether oxygens (including phenoxy) is 1. The van der Waals surface area contributed by atoms with Crippen molar-refractivity contribution in [1.29, 1.82) is 5.26 Å². The summed E-state index contributed by atoms with van der Waals surface area (Å²) in [5.41, 5.74) is 2.54. The van der Waals surface area contributed by atoms with Gasteiger partial charge in [0, 0.05) is 24.8 Å². The second-order valence-corrected chi connectivity index (χ2v) is 9.98. The maximum atomic E-state index is 13.5. The van der Waals surface area contributed by atoms with Gasteiger partial charge in [-0.25, -0.2) is 12.8 Å². The van der Waals surface area contributed by atoms with E-state index in [9.17, 15) is 17.6 Å². The molecule has 172 valence electrons. The zero-order valence-electron chi connectivity index (χ0n) is 17.9. The van der Waals surface area contributed by atoms with E-state index in [1.54, 1.807) is 41.6 Å². The van der Waals surface area contributed by atoms with Crippen LogP contribution >= 0.6 is 0 Å². The Morgan fingerprint density at radius 3 is 2.62 bits per heavy atom. The Kier molecular flexibility index (Phi) is 5.51. The molecule has 0 N–H and O–H groups in total. The number of nitriles is 1. The van der Waals surface area contributed by atoms with Crippen molar-refractivity contribution in [3.8, 4) is 22.9 Å². The molecular weight excluding hydrogens is 459 g/mol. The summed E-state index contributed by atoms with van der Waals surface area (Å²) in [6, 6.07) is 13.9. The number of hydrogen-bond donors (Lipinski definition) is 0. The van der Waals surface area contributed by atoms with Crippen molar-refractivity contribution in [2.45, 2.75) is 4.90 Å². The molecule has 2 aliphatic rings. The summed E-state index contributed by atoms with van der Waals surface area (Å²) in [4.78, 5) is 19.0. The molecule has 0 bridgehead atoms. The van der Waals surface area contributed by atoms with Crippen LogP contribution in [-0.2, 0) is 14.8 Å². The van der Waals surface area contributed by atoms with E-state index in [1.807, 2.05) is 0 Å². The maximum absolute atomic E-state index is 13.5. The number of benzene rings is 2. The monoisotopic (exact) mass is 478 g/mol. The Morgan fingerprint density at radius 1 is 1.15 bits per heavy atom. The number of sulfonamides is 1. The number of amides is 1. The minimum Gasteiger partial charge on any atom is -0.489 e. The lowest BCUT2D eigenvalue weighted by atomic mass is 10.00. The van der Waals surface area contributed by atoms with Gasteiger partial charge in [-0.05, 0) is 35.9 Å². The predicted molar refractivity (Wildman–Crippen MR) is 121 cm³/mol. The molecule has 10 heteroatoms. The standard InChI is InChI=1S/C24H19FN4O4S/c25-19-2-1-3-20(10-19)34(31,32)28-14-18(15-28)24(30)29-8-9-33-23-21(12-27-13-22(23)29)17-6-4-16(11-26)5-7-17/h1-7,10,12-13,18H,8-9,14-15H2. The molecule has 1 aromatic heterocycles. The number of fused-ring (bicyclic) bond motifs is 1. The second kappa shape index (κ2) is 8.52. The molecular formula is C24H19FN4O4S. The highest BCUT2D eigenvalue weighted by molar-refractivity contribution is 7.89. The Bertz CT molecular complexity index is 1410. The molecule has 34 heavy (non-hydrogen) atoms. The molecule has 0 spiro atoms. The van der Waals surface area contributed by atoms with E-state index in [-0.39, 0.29) is 30.5 Å². The van der Waals surface area contributed by atoms with Crippen LogP contribution in [0.5, 0.6) is 5.75 Å². The zero-order chi connectivity index (χ0) is 23.9. The van der Waals surface area contributed by atoms with E-state index in [4.69, 9.17) is 10.00 Å². The summed E-state index contributed by atoms with van der Waals surface area (Å²) in [7, 11) is -3.87. The molecule has 3 heterocycles. The Balaban J connectivity index is 1.36. The maximum Gasteiger partial charge on any atom is 0.243 e. The van der Waals surface area contributed by atoms with Crippen LogP contribution in [0.1, 0.15) is 5.56 Å². The number of carbonyl (C=O) groups excluding carboxylic acids is 1. The fourth-order valence-electron chi connectivity index (χ4n) is 4.09. The summed E-state index contributed by atoms with van der Waals surface area (Å²) in [6.07, 6.45) is 3.20. The Labute approximate surface area is 195 Å². The van der Waals surface area contributed by atoms with Gasteiger partial charge in [0.1, 0.15) is 18.1 Å². The molecule has 1 saturated heterocycles. The molecule has 3 aromatic rings. The lowest BCUT2D eigenvalue weighted by molar-refractivity contribution is -0.125. The van der Waals surface area contributed by atoms with Gasteiger partial charge in [0.2, 0.25) is 15.9 Å². The minimum absolute atomic E-state index is 0.0209. The average Bonchev–Trinajstić information content (AvgIpc) is 2.82. The van der Waals surface area contributed by atoms with Crippen molar-refractivity contribution in [2.75, 3.05) is 31.1 Å². The molecule has 0 aliphatic carbocycles. The van der Waals surface area contributed by atoms with Crippen molar-refractivity contribution >= 4 is 21.6 Å². The third kappa shape index (κ3) is 3.79. The van der Waals surface area contributed by atoms with Crippen molar-refractivity contribution in [2.24, 2.45) is 5.92 Å². The minimum atomic E-state index is -3.87. The number of rotatable bonds is 4. The SMILES string of the molecule is N#Cc1ccc(-c2cncc3c2OCCN3C(=O)C2CN(S(=O)(=O)c3cccc(F)c3)C2)cc1. The number of carbonyl (C=O) groups is 1. The van der Waals surface area contributed by atoms with Crippen LogP contribution in [-0.4, -0.2) is 49.9 Å². The van der Waals surface area contributed by atoms with E-state index < -0.39 is 21.8 Å². The molecule has 2 aromatic carbocycles. The van der Waals surface area contributed by atoms with Crippen LogP contribution < -0.4 is 9.64 Å². The van der Waals surface area contributed by atoms with Gasteiger partial charge < -0.3 is 9.64 Å². The van der Waals surface area contributed by atoms with E-state index >= 15 is 0 Å². The van der Waals surface area contributed by atoms with Crippen LogP contribution in [0.25, 0.3) is 11.1 Å². The molecule has 0 unspecified atom stereocenters. The van der Waals surface area contributed by atoms with Crippen LogP contribution in [0.15, 0.2) is 65.8 Å². The van der Waals surface area contributed by atoms with E-state index in [0.717, 1.165) is 11.6 Å². The molecule has 1 fully saturated rings. The zero-order valence-corrected chi connectivity index (χ0v) is 18.7. The van der Waals surface area contributed by atoms with Gasteiger partial charge in [-0.3, -0.25) is 9.78 Å². The average molecular weight is 479 g/mol. The predicted octanol–water partition coefficient (Wildman–Crippen LogP) is 2.81. The summed E-state index contributed by atoms with van der Waals surface area (Å²) in [5, 5.41) is 9.02. The normalized spacial score (nSPS) is 16.2. The van der Waals surface area contributed by atoms with Gasteiger partial charge in [-0.2, -0.15) is 9.57 Å². The highest BCUT2D eigenvalue weighted by Gasteiger charge is 2.43. The Hall–Kier alpha value is -3.81. The van der Waals surface area contributed by atoms with E-state index in [2.05, 4.69) is 11.1 Å². The van der Waals surface area contributed by atoms with Crippen molar-refractivity contribution in [3.63, 3.8) is 0 Å². The first kappa shape index (κ1) is 22.0. The molecule has 8 nitrogen and oxygen atoms in total. The van der Waals surface area contributed by atoms with Gasteiger partial charge >= 0.3 is 0 Å². The van der Waals surface area contributed by atoms with Gasteiger partial charge in [0.15, 0.2) is 5.75 Å². The molecule has 0 radical (unpaired) electrons. The van der Waals surface area contributed by atoms with Crippen molar-refractivity contribution in [1.82, 2.24) is 9.29 Å². The van der Waals surface area contributed by atoms with E-state index in [0.29, 0.717) is 29.1 Å². The summed E-state index contributed by atoms with van der Waals surface area (Å²) < 4.78 is 46.0. The number of nitrogens with zero attached hydrogens (tertiary/aromatic N) is 4. The van der Waals surface area contributed by atoms with Crippen LogP contribution in [0.4, 0.5) is 10.1 Å². The third-order valence-electron chi connectivity index (χ3n) is 5.95. The number of hydrogen-bond acceptors (Lipinski definition) is 6. The van der Waals surface area contributed by atoms with Crippen LogP contribution in [0.3, 0.4) is 0 Å². The molecule has 0 saturated carbocycles. The summed E-state index contributed by atoms with van der Waals surface area (Å²) >= 11 is 0. The van der Waals surface area contributed by atoms with Crippen LogP contribution in [0.2, 0.25) is 0 Å². The summed E-state index contributed by atoms with van der Waals surface area (Å²) in [5.74, 6) is -0.852. The highest BCUT2D eigenvalue weighted by Crippen LogP contribution is 2.41. The van der Waals surface area contributed by atoms with E-state index in [1.165, 1.54) is 22.5 Å². The molecule has 1 amide bonds. The molecule has 5 rings (SSSR count). The lowest BCUT2D eigenvalue weighted by Gasteiger charge is -2.40. The quantitative estimate of drug-likeness (QED) is 0.571. The number of aromatic nitrogens is 1. The topological polar surface area (TPSA) is 104 Å². The third-order valence-corrected chi connectivity index (χ3v) is 7.78. The lowest BCUT2D eigenvalue weighted by Crippen LogP contribution is -2.57. The van der Waals surface area contributed by atoms with Crippen LogP contribution in [0, 0.1) is 23.1 Å². The molecule has 0 atom stereocenters. The number of halogens is 1.